The third-order valence-electron chi connectivity index (χ3n) is 3.66. The smallest absolute Gasteiger partial charge is 0.264 e. The van der Waals surface area contributed by atoms with Crippen LogP contribution >= 0.6 is 0 Å². The SMILES string of the molecule is O=C(CN(c1ccc(F)cc1)S(=O)(=O)c1ccccc1)N/N=C\c1ccco1. The highest BCUT2D eigenvalue weighted by molar-refractivity contribution is 7.92. The molecule has 0 fully saturated rings. The first kappa shape index (κ1) is 19.3. The van der Waals surface area contributed by atoms with Gasteiger partial charge in [0.25, 0.3) is 15.9 Å². The van der Waals surface area contributed by atoms with E-state index in [1.165, 1.54) is 36.7 Å². The van der Waals surface area contributed by atoms with Crippen LogP contribution in [0.3, 0.4) is 0 Å². The van der Waals surface area contributed by atoms with Gasteiger partial charge in [-0.3, -0.25) is 9.10 Å². The summed E-state index contributed by atoms with van der Waals surface area (Å²) in [6.45, 7) is -0.543. The molecule has 3 rings (SSSR count). The van der Waals surface area contributed by atoms with Crippen molar-refractivity contribution >= 4 is 27.8 Å². The molecule has 1 heterocycles. The molecule has 0 spiro atoms. The highest BCUT2D eigenvalue weighted by Crippen LogP contribution is 2.23. The van der Waals surface area contributed by atoms with E-state index in [2.05, 4.69) is 10.5 Å². The molecule has 0 aliphatic rings. The lowest BCUT2D eigenvalue weighted by Crippen LogP contribution is -2.39. The zero-order valence-electron chi connectivity index (χ0n) is 14.5. The van der Waals surface area contributed by atoms with Crippen molar-refractivity contribution in [3.8, 4) is 0 Å². The Hall–Kier alpha value is -3.46. The maximum Gasteiger partial charge on any atom is 0.264 e. The molecule has 0 unspecified atom stereocenters. The molecule has 144 valence electrons. The van der Waals surface area contributed by atoms with Gasteiger partial charge < -0.3 is 4.42 Å². The lowest BCUT2D eigenvalue weighted by atomic mass is 10.3. The van der Waals surface area contributed by atoms with Crippen LogP contribution in [0.2, 0.25) is 0 Å². The van der Waals surface area contributed by atoms with E-state index in [0.29, 0.717) is 5.76 Å². The van der Waals surface area contributed by atoms with E-state index in [4.69, 9.17) is 4.42 Å². The zero-order valence-corrected chi connectivity index (χ0v) is 15.3. The van der Waals surface area contributed by atoms with Gasteiger partial charge in [0.1, 0.15) is 18.1 Å². The number of halogens is 1. The van der Waals surface area contributed by atoms with E-state index in [9.17, 15) is 17.6 Å². The first-order valence-electron chi connectivity index (χ1n) is 8.15. The molecule has 0 saturated heterocycles. The van der Waals surface area contributed by atoms with E-state index in [-0.39, 0.29) is 10.6 Å². The van der Waals surface area contributed by atoms with Crippen LogP contribution in [0.5, 0.6) is 0 Å². The Morgan fingerprint density at radius 2 is 1.79 bits per heavy atom. The second-order valence-corrected chi connectivity index (χ2v) is 7.47. The van der Waals surface area contributed by atoms with Gasteiger partial charge in [-0.15, -0.1) is 0 Å². The highest BCUT2D eigenvalue weighted by atomic mass is 32.2. The Kier molecular flexibility index (Phi) is 5.85. The molecule has 28 heavy (non-hydrogen) atoms. The molecule has 0 radical (unpaired) electrons. The number of anilines is 1. The van der Waals surface area contributed by atoms with Crippen LogP contribution in [0.1, 0.15) is 5.76 Å². The van der Waals surface area contributed by atoms with Crippen molar-refractivity contribution in [3.05, 3.63) is 84.6 Å². The summed E-state index contributed by atoms with van der Waals surface area (Å²) in [5, 5.41) is 3.73. The van der Waals surface area contributed by atoms with Crippen LogP contribution in [-0.2, 0) is 14.8 Å². The summed E-state index contributed by atoms with van der Waals surface area (Å²) in [6.07, 6.45) is 2.73. The van der Waals surface area contributed by atoms with Gasteiger partial charge in [0, 0.05) is 0 Å². The normalized spacial score (nSPS) is 11.5. The summed E-state index contributed by atoms with van der Waals surface area (Å²) in [4.78, 5) is 12.3. The molecular weight excluding hydrogens is 385 g/mol. The van der Waals surface area contributed by atoms with E-state index < -0.39 is 28.3 Å². The number of rotatable bonds is 7. The van der Waals surface area contributed by atoms with E-state index in [1.54, 1.807) is 30.3 Å². The number of hydrogen-bond donors (Lipinski definition) is 1. The summed E-state index contributed by atoms with van der Waals surface area (Å²) in [6, 6.07) is 15.8. The first-order chi connectivity index (χ1) is 13.5. The average Bonchev–Trinajstić information content (AvgIpc) is 3.21. The molecule has 0 atom stereocenters. The van der Waals surface area contributed by atoms with Crippen LogP contribution in [0.25, 0.3) is 0 Å². The Labute approximate surface area is 161 Å². The predicted octanol–water partition coefficient (Wildman–Crippen LogP) is 2.76. The molecule has 1 amide bonds. The number of carbonyl (C=O) groups excluding carboxylic acids is 1. The Morgan fingerprint density at radius 1 is 1.07 bits per heavy atom. The number of amides is 1. The van der Waals surface area contributed by atoms with Gasteiger partial charge in [-0.2, -0.15) is 5.10 Å². The Bertz CT molecular complexity index is 1050. The summed E-state index contributed by atoms with van der Waals surface area (Å²) < 4.78 is 45.2. The van der Waals surface area contributed by atoms with Crippen LogP contribution in [0, 0.1) is 5.82 Å². The van der Waals surface area contributed by atoms with Crippen LogP contribution in [0.4, 0.5) is 10.1 Å². The number of benzene rings is 2. The number of carbonyl (C=O) groups is 1. The van der Waals surface area contributed by atoms with Crippen LogP contribution in [0.15, 0.2) is 87.4 Å². The number of nitrogens with one attached hydrogen (secondary N) is 1. The molecule has 0 saturated carbocycles. The first-order valence-corrected chi connectivity index (χ1v) is 9.59. The van der Waals surface area contributed by atoms with Crippen LogP contribution in [-0.4, -0.2) is 27.1 Å². The van der Waals surface area contributed by atoms with Crippen molar-refractivity contribution in [2.45, 2.75) is 4.90 Å². The van der Waals surface area contributed by atoms with E-state index >= 15 is 0 Å². The van der Waals surface area contributed by atoms with Crippen molar-refractivity contribution in [1.29, 1.82) is 0 Å². The topological polar surface area (TPSA) is 92.0 Å². The van der Waals surface area contributed by atoms with Gasteiger partial charge in [-0.05, 0) is 48.5 Å². The molecule has 0 aliphatic carbocycles. The highest BCUT2D eigenvalue weighted by Gasteiger charge is 2.27. The minimum Gasteiger partial charge on any atom is -0.463 e. The molecule has 3 aromatic rings. The lowest BCUT2D eigenvalue weighted by molar-refractivity contribution is -0.119. The second kappa shape index (κ2) is 8.49. The number of hydrazone groups is 1. The number of furan rings is 1. The minimum atomic E-state index is -4.05. The van der Waals surface area contributed by atoms with Gasteiger partial charge in [0.2, 0.25) is 0 Å². The van der Waals surface area contributed by atoms with Crippen molar-refractivity contribution in [2.75, 3.05) is 10.8 Å². The summed E-state index contributed by atoms with van der Waals surface area (Å²) in [5.41, 5.74) is 2.39. The summed E-state index contributed by atoms with van der Waals surface area (Å²) in [5.74, 6) is -0.771. The molecular formula is C19H16FN3O4S. The fourth-order valence-corrected chi connectivity index (χ4v) is 3.78. The third kappa shape index (κ3) is 4.63. The largest absolute Gasteiger partial charge is 0.463 e. The van der Waals surface area contributed by atoms with Crippen molar-refractivity contribution in [3.63, 3.8) is 0 Å². The number of sulfonamides is 1. The fraction of sp³-hybridized carbons (Fsp3) is 0.0526. The molecule has 0 bridgehead atoms. The van der Waals surface area contributed by atoms with Gasteiger partial charge in [0.05, 0.1) is 23.1 Å². The quantitative estimate of drug-likeness (QED) is 0.487. The van der Waals surface area contributed by atoms with Gasteiger partial charge in [0.15, 0.2) is 0 Å². The molecule has 0 aliphatic heterocycles. The van der Waals surface area contributed by atoms with E-state index in [1.807, 2.05) is 0 Å². The standard InChI is InChI=1S/C19H16FN3O4S/c20-15-8-10-16(11-9-15)23(28(25,26)18-6-2-1-3-7-18)14-19(24)22-21-13-17-5-4-12-27-17/h1-13H,14H2,(H,22,24)/b21-13-. The molecule has 9 heteroatoms. The fourth-order valence-electron chi connectivity index (χ4n) is 2.34. The predicted molar refractivity (Wildman–Crippen MR) is 102 cm³/mol. The Balaban J connectivity index is 1.84. The number of nitrogens with zero attached hydrogens (tertiary/aromatic N) is 2. The van der Waals surface area contributed by atoms with Crippen molar-refractivity contribution in [1.82, 2.24) is 5.43 Å². The van der Waals surface area contributed by atoms with Gasteiger partial charge in [-0.25, -0.2) is 18.2 Å². The van der Waals surface area contributed by atoms with Crippen molar-refractivity contribution < 1.29 is 22.0 Å². The monoisotopic (exact) mass is 401 g/mol. The minimum absolute atomic E-state index is 0.00575. The maximum absolute atomic E-state index is 13.3. The summed E-state index contributed by atoms with van der Waals surface area (Å²) in [7, 11) is -4.05. The summed E-state index contributed by atoms with van der Waals surface area (Å²) >= 11 is 0. The lowest BCUT2D eigenvalue weighted by Gasteiger charge is -2.23. The third-order valence-corrected chi connectivity index (χ3v) is 5.45. The average molecular weight is 401 g/mol. The zero-order chi connectivity index (χ0) is 20.0. The number of hydrogen-bond acceptors (Lipinski definition) is 5. The molecule has 1 N–H and O–H groups in total. The van der Waals surface area contributed by atoms with Crippen LogP contribution < -0.4 is 9.73 Å². The van der Waals surface area contributed by atoms with Gasteiger partial charge >= 0.3 is 0 Å². The second-order valence-electron chi connectivity index (χ2n) is 5.61. The molecule has 1 aromatic heterocycles. The Morgan fingerprint density at radius 3 is 2.43 bits per heavy atom. The molecule has 2 aromatic carbocycles. The molecule has 7 nitrogen and oxygen atoms in total. The van der Waals surface area contributed by atoms with Crippen molar-refractivity contribution in [2.24, 2.45) is 5.10 Å². The maximum atomic E-state index is 13.3. The van der Waals surface area contributed by atoms with Gasteiger partial charge in [-0.1, -0.05) is 18.2 Å². The van der Waals surface area contributed by atoms with E-state index in [0.717, 1.165) is 16.4 Å².